The number of ketones is 1. The number of fused-ring (bicyclic) bond motifs is 1. The molecule has 1 aliphatic rings. The first kappa shape index (κ1) is 15.1. The minimum absolute atomic E-state index is 0.0373. The molecule has 0 N–H and O–H groups in total. The summed E-state index contributed by atoms with van der Waals surface area (Å²) in [5.74, 6) is -1.57. The highest BCUT2D eigenvalue weighted by Gasteiger charge is 2.65. The smallest absolute Gasteiger partial charge is 0.421 e. The number of carbonyl (C=O) groups excluding carboxylic acids is 1. The molecule has 1 heterocycles. The predicted molar refractivity (Wildman–Crippen MR) is 64.9 cm³/mol. The minimum Gasteiger partial charge on any atom is -0.421 e. The SMILES string of the molecule is CC(C)(Br)C(=O)c1ccc2c(c1)OC(F)(F)C(F)(F)O2. The number of halogens is 5. The minimum atomic E-state index is -4.80. The number of carbonyl (C=O) groups is 1. The van der Waals surface area contributed by atoms with Gasteiger partial charge in [-0.25, -0.2) is 0 Å². The second kappa shape index (κ2) is 4.34. The van der Waals surface area contributed by atoms with Crippen LogP contribution in [0.3, 0.4) is 0 Å². The van der Waals surface area contributed by atoms with E-state index < -0.39 is 33.8 Å². The fraction of sp³-hybridized carbons (Fsp3) is 0.417. The molecule has 0 spiro atoms. The van der Waals surface area contributed by atoms with Gasteiger partial charge in [0.15, 0.2) is 17.3 Å². The summed E-state index contributed by atoms with van der Waals surface area (Å²) in [6.07, 6.45) is -9.56. The van der Waals surface area contributed by atoms with Crippen LogP contribution in [-0.2, 0) is 0 Å². The van der Waals surface area contributed by atoms with Crippen LogP contribution in [-0.4, -0.2) is 22.3 Å². The molecule has 0 amide bonds. The van der Waals surface area contributed by atoms with Crippen molar-refractivity contribution >= 4 is 21.7 Å². The number of rotatable bonds is 2. The number of hydrogen-bond acceptors (Lipinski definition) is 3. The Morgan fingerprint density at radius 1 is 1.10 bits per heavy atom. The largest absolute Gasteiger partial charge is 0.507 e. The van der Waals surface area contributed by atoms with Gasteiger partial charge in [-0.15, -0.1) is 0 Å². The Labute approximate surface area is 120 Å². The maximum atomic E-state index is 13.0. The Morgan fingerprint density at radius 2 is 1.60 bits per heavy atom. The van der Waals surface area contributed by atoms with Crippen LogP contribution in [0.2, 0.25) is 0 Å². The van der Waals surface area contributed by atoms with E-state index in [1.165, 1.54) is 6.07 Å². The monoisotopic (exact) mass is 356 g/mol. The molecule has 0 atom stereocenters. The topological polar surface area (TPSA) is 35.5 Å². The van der Waals surface area contributed by atoms with Crippen molar-refractivity contribution in [2.45, 2.75) is 30.4 Å². The van der Waals surface area contributed by atoms with Crippen molar-refractivity contribution in [1.82, 2.24) is 0 Å². The first-order valence-corrected chi connectivity index (χ1v) is 6.25. The molecule has 0 saturated heterocycles. The lowest BCUT2D eigenvalue weighted by molar-refractivity contribution is -0.391. The molecular weight excluding hydrogens is 348 g/mol. The zero-order valence-corrected chi connectivity index (χ0v) is 11.9. The maximum absolute atomic E-state index is 13.0. The third-order valence-corrected chi connectivity index (χ3v) is 2.92. The van der Waals surface area contributed by atoms with E-state index in [1.807, 2.05) is 0 Å². The summed E-state index contributed by atoms with van der Waals surface area (Å²) >= 11 is 3.13. The summed E-state index contributed by atoms with van der Waals surface area (Å²) in [5, 5.41) is 0. The average molecular weight is 357 g/mol. The molecule has 20 heavy (non-hydrogen) atoms. The molecule has 0 fully saturated rings. The summed E-state index contributed by atoms with van der Waals surface area (Å²) in [7, 11) is 0. The molecule has 0 radical (unpaired) electrons. The van der Waals surface area contributed by atoms with E-state index in [4.69, 9.17) is 0 Å². The van der Waals surface area contributed by atoms with Gasteiger partial charge in [0, 0.05) is 5.56 Å². The van der Waals surface area contributed by atoms with Gasteiger partial charge in [0.2, 0.25) is 0 Å². The van der Waals surface area contributed by atoms with Crippen molar-refractivity contribution in [1.29, 1.82) is 0 Å². The lowest BCUT2D eigenvalue weighted by atomic mass is 10.0. The van der Waals surface area contributed by atoms with Gasteiger partial charge >= 0.3 is 12.2 Å². The number of benzene rings is 1. The molecule has 0 saturated carbocycles. The first-order valence-electron chi connectivity index (χ1n) is 5.45. The fourth-order valence-electron chi connectivity index (χ4n) is 1.55. The fourth-order valence-corrected chi connectivity index (χ4v) is 1.78. The van der Waals surface area contributed by atoms with E-state index in [0.717, 1.165) is 12.1 Å². The van der Waals surface area contributed by atoms with Gasteiger partial charge in [-0.1, -0.05) is 15.9 Å². The Hall–Kier alpha value is -1.31. The van der Waals surface area contributed by atoms with E-state index in [-0.39, 0.29) is 5.56 Å². The van der Waals surface area contributed by atoms with Gasteiger partial charge in [0.05, 0.1) is 4.32 Å². The van der Waals surface area contributed by atoms with Gasteiger partial charge in [-0.2, -0.15) is 17.6 Å². The normalized spacial score (nSPS) is 19.6. The summed E-state index contributed by atoms with van der Waals surface area (Å²) < 4.78 is 58.9. The van der Waals surface area contributed by atoms with E-state index in [0.29, 0.717) is 0 Å². The van der Waals surface area contributed by atoms with Crippen LogP contribution in [0.15, 0.2) is 18.2 Å². The van der Waals surface area contributed by atoms with Gasteiger partial charge in [0.1, 0.15) is 0 Å². The molecule has 0 aliphatic carbocycles. The van der Waals surface area contributed by atoms with E-state index in [2.05, 4.69) is 25.4 Å². The summed E-state index contributed by atoms with van der Waals surface area (Å²) in [6.45, 7) is 3.13. The van der Waals surface area contributed by atoms with Crippen LogP contribution in [0.25, 0.3) is 0 Å². The zero-order valence-electron chi connectivity index (χ0n) is 10.3. The van der Waals surface area contributed by atoms with Crippen molar-refractivity contribution in [3.63, 3.8) is 0 Å². The van der Waals surface area contributed by atoms with Crippen molar-refractivity contribution in [3.05, 3.63) is 23.8 Å². The molecular formula is C12H9BrF4O3. The Morgan fingerprint density at radius 3 is 2.10 bits per heavy atom. The lowest BCUT2D eigenvalue weighted by Gasteiger charge is -2.32. The van der Waals surface area contributed by atoms with Crippen LogP contribution in [0.4, 0.5) is 17.6 Å². The summed E-state index contributed by atoms with van der Waals surface area (Å²) in [5.41, 5.74) is 0.0373. The highest BCUT2D eigenvalue weighted by molar-refractivity contribution is 9.10. The van der Waals surface area contributed by atoms with Crippen LogP contribution >= 0.6 is 15.9 Å². The van der Waals surface area contributed by atoms with E-state index in [1.54, 1.807) is 13.8 Å². The quantitative estimate of drug-likeness (QED) is 0.456. The molecule has 1 aromatic rings. The molecule has 3 nitrogen and oxygen atoms in total. The van der Waals surface area contributed by atoms with Crippen LogP contribution in [0.5, 0.6) is 11.5 Å². The number of hydrogen-bond donors (Lipinski definition) is 0. The average Bonchev–Trinajstić information content (AvgIpc) is 2.27. The number of ether oxygens (including phenoxy) is 2. The van der Waals surface area contributed by atoms with Crippen LogP contribution < -0.4 is 9.47 Å². The number of Topliss-reactive ketones (excluding diaryl/α,β-unsaturated/α-hetero) is 1. The maximum Gasteiger partial charge on any atom is 0.507 e. The molecule has 2 rings (SSSR count). The molecule has 0 bridgehead atoms. The predicted octanol–water partition coefficient (Wildman–Crippen LogP) is 4.00. The standard InChI is InChI=1S/C12H9BrF4O3/c1-10(2,13)9(18)6-3-4-7-8(5-6)20-12(16,17)11(14,15)19-7/h3-5H,1-2H3. The molecule has 8 heteroatoms. The Kier molecular flexibility index (Phi) is 3.27. The summed E-state index contributed by atoms with van der Waals surface area (Å²) in [4.78, 5) is 12.0. The molecule has 1 aromatic carbocycles. The Bertz CT molecular complexity index is 566. The van der Waals surface area contributed by atoms with Gasteiger partial charge < -0.3 is 9.47 Å². The van der Waals surface area contributed by atoms with Crippen molar-refractivity contribution in [2.75, 3.05) is 0 Å². The molecule has 0 aromatic heterocycles. The highest BCUT2D eigenvalue weighted by atomic mass is 79.9. The first-order chi connectivity index (χ1) is 8.94. The van der Waals surface area contributed by atoms with Crippen molar-refractivity contribution < 1.29 is 31.8 Å². The van der Waals surface area contributed by atoms with Crippen molar-refractivity contribution in [2.24, 2.45) is 0 Å². The number of alkyl halides is 5. The second-order valence-corrected chi connectivity index (χ2v) is 6.68. The third kappa shape index (κ3) is 2.48. The summed E-state index contributed by atoms with van der Waals surface area (Å²) in [6, 6.07) is 3.14. The zero-order chi connectivity index (χ0) is 15.3. The molecule has 0 unspecified atom stereocenters. The van der Waals surface area contributed by atoms with Crippen LogP contribution in [0, 0.1) is 0 Å². The third-order valence-electron chi connectivity index (χ3n) is 2.56. The van der Waals surface area contributed by atoms with Crippen LogP contribution in [0.1, 0.15) is 24.2 Å². The molecule has 110 valence electrons. The van der Waals surface area contributed by atoms with Gasteiger partial charge in [0.25, 0.3) is 0 Å². The lowest BCUT2D eigenvalue weighted by Crippen LogP contribution is -2.52. The Balaban J connectivity index is 2.42. The van der Waals surface area contributed by atoms with Crippen molar-refractivity contribution in [3.8, 4) is 11.5 Å². The van der Waals surface area contributed by atoms with Gasteiger partial charge in [-0.05, 0) is 32.0 Å². The van der Waals surface area contributed by atoms with E-state index in [9.17, 15) is 22.4 Å². The van der Waals surface area contributed by atoms with E-state index >= 15 is 0 Å². The highest BCUT2D eigenvalue weighted by Crippen LogP contribution is 2.47. The second-order valence-electron chi connectivity index (χ2n) is 4.70. The molecule has 1 aliphatic heterocycles. The van der Waals surface area contributed by atoms with Gasteiger partial charge in [-0.3, -0.25) is 4.79 Å².